The van der Waals surface area contributed by atoms with Crippen LogP contribution in [0.2, 0.25) is 0 Å². The van der Waals surface area contributed by atoms with Crippen LogP contribution in [0.15, 0.2) is 35.4 Å². The predicted octanol–water partition coefficient (Wildman–Crippen LogP) is 2.78. The van der Waals surface area contributed by atoms with Crippen LogP contribution in [0.5, 0.6) is 0 Å². The highest BCUT2D eigenvalue weighted by molar-refractivity contribution is 7.18. The summed E-state index contributed by atoms with van der Waals surface area (Å²) in [6, 6.07) is 4.56. The van der Waals surface area contributed by atoms with E-state index < -0.39 is 17.7 Å². The standard InChI is InChI=1S/C15H12F2N2O2S/c1-8-4-11-14(22-8)18-7-19(15(11)21)6-13(20)10-5-9(16)2-3-12(10)17/h2-5,7,13,20H,6H2,1H3. The maximum atomic E-state index is 13.7. The molecule has 0 radical (unpaired) electrons. The number of fused-ring (bicyclic) bond motifs is 1. The zero-order valence-electron chi connectivity index (χ0n) is 11.6. The van der Waals surface area contributed by atoms with Crippen molar-refractivity contribution in [1.82, 2.24) is 9.55 Å². The third-order valence-corrected chi connectivity index (χ3v) is 4.29. The minimum absolute atomic E-state index is 0.187. The van der Waals surface area contributed by atoms with Gasteiger partial charge in [-0.15, -0.1) is 11.3 Å². The van der Waals surface area contributed by atoms with Crippen molar-refractivity contribution in [3.63, 3.8) is 0 Å². The van der Waals surface area contributed by atoms with Gasteiger partial charge in [0.05, 0.1) is 24.4 Å². The summed E-state index contributed by atoms with van der Waals surface area (Å²) in [5, 5.41) is 10.5. The van der Waals surface area contributed by atoms with Gasteiger partial charge < -0.3 is 5.11 Å². The molecule has 7 heteroatoms. The average molecular weight is 322 g/mol. The lowest BCUT2D eigenvalue weighted by molar-refractivity contribution is 0.150. The lowest BCUT2D eigenvalue weighted by Crippen LogP contribution is -2.23. The fraction of sp³-hybridized carbons (Fsp3) is 0.200. The van der Waals surface area contributed by atoms with Gasteiger partial charge in [-0.3, -0.25) is 9.36 Å². The van der Waals surface area contributed by atoms with Crippen LogP contribution >= 0.6 is 11.3 Å². The van der Waals surface area contributed by atoms with Crippen LogP contribution in [0.1, 0.15) is 16.5 Å². The second-order valence-electron chi connectivity index (χ2n) is 4.96. The molecular weight excluding hydrogens is 310 g/mol. The Kier molecular flexibility index (Phi) is 3.76. The monoisotopic (exact) mass is 322 g/mol. The number of rotatable bonds is 3. The first kappa shape index (κ1) is 14.8. The maximum Gasteiger partial charge on any atom is 0.262 e. The Balaban J connectivity index is 1.97. The summed E-state index contributed by atoms with van der Waals surface area (Å²) in [5.41, 5.74) is -0.501. The van der Waals surface area contributed by atoms with E-state index in [1.165, 1.54) is 22.2 Å². The van der Waals surface area contributed by atoms with E-state index in [0.717, 1.165) is 23.1 Å². The van der Waals surface area contributed by atoms with E-state index in [4.69, 9.17) is 0 Å². The molecule has 114 valence electrons. The van der Waals surface area contributed by atoms with Gasteiger partial charge in [-0.1, -0.05) is 0 Å². The van der Waals surface area contributed by atoms with Gasteiger partial charge in [0, 0.05) is 10.4 Å². The third kappa shape index (κ3) is 2.65. The number of hydrogen-bond donors (Lipinski definition) is 1. The summed E-state index contributed by atoms with van der Waals surface area (Å²) in [4.78, 5) is 18.0. The molecule has 22 heavy (non-hydrogen) atoms. The van der Waals surface area contributed by atoms with Crippen molar-refractivity contribution in [2.45, 2.75) is 19.6 Å². The lowest BCUT2D eigenvalue weighted by atomic mass is 10.1. The second kappa shape index (κ2) is 5.58. The van der Waals surface area contributed by atoms with Gasteiger partial charge in [-0.05, 0) is 31.2 Å². The van der Waals surface area contributed by atoms with Gasteiger partial charge >= 0.3 is 0 Å². The maximum absolute atomic E-state index is 13.7. The molecule has 0 aliphatic carbocycles. The van der Waals surface area contributed by atoms with Crippen LogP contribution < -0.4 is 5.56 Å². The Labute approximate surface area is 128 Å². The molecule has 2 heterocycles. The molecule has 2 aromatic heterocycles. The number of aliphatic hydroxyl groups is 1. The molecule has 1 aromatic carbocycles. The van der Waals surface area contributed by atoms with Gasteiger partial charge in [0.2, 0.25) is 0 Å². The number of benzene rings is 1. The van der Waals surface area contributed by atoms with Crippen LogP contribution in [-0.2, 0) is 6.54 Å². The van der Waals surface area contributed by atoms with E-state index in [2.05, 4.69) is 4.98 Å². The lowest BCUT2D eigenvalue weighted by Gasteiger charge is -2.13. The Hall–Kier alpha value is -2.12. The molecule has 0 amide bonds. The predicted molar refractivity (Wildman–Crippen MR) is 79.9 cm³/mol. The van der Waals surface area contributed by atoms with Crippen molar-refractivity contribution in [3.05, 3.63) is 63.0 Å². The highest BCUT2D eigenvalue weighted by Crippen LogP contribution is 2.22. The normalized spacial score (nSPS) is 12.7. The summed E-state index contributed by atoms with van der Waals surface area (Å²) in [7, 11) is 0. The summed E-state index contributed by atoms with van der Waals surface area (Å²) < 4.78 is 28.0. The first-order valence-electron chi connectivity index (χ1n) is 6.54. The fourth-order valence-corrected chi connectivity index (χ4v) is 3.10. The SMILES string of the molecule is Cc1cc2c(=O)n(CC(O)c3cc(F)ccc3F)cnc2s1. The minimum Gasteiger partial charge on any atom is -0.386 e. The highest BCUT2D eigenvalue weighted by atomic mass is 32.1. The molecule has 1 N–H and O–H groups in total. The zero-order chi connectivity index (χ0) is 15.9. The van der Waals surface area contributed by atoms with Crippen molar-refractivity contribution in [2.75, 3.05) is 0 Å². The van der Waals surface area contributed by atoms with Crippen LogP contribution in [0.4, 0.5) is 8.78 Å². The molecule has 0 saturated heterocycles. The van der Waals surface area contributed by atoms with Crippen molar-refractivity contribution >= 4 is 21.6 Å². The molecule has 0 fully saturated rings. The Morgan fingerprint density at radius 2 is 2.14 bits per heavy atom. The van der Waals surface area contributed by atoms with Crippen molar-refractivity contribution < 1.29 is 13.9 Å². The van der Waals surface area contributed by atoms with Crippen molar-refractivity contribution in [2.24, 2.45) is 0 Å². The third-order valence-electron chi connectivity index (χ3n) is 3.33. The summed E-state index contributed by atoms with van der Waals surface area (Å²) in [6.07, 6.45) is -0.0338. The molecule has 3 aromatic rings. The summed E-state index contributed by atoms with van der Waals surface area (Å²) >= 11 is 1.40. The number of halogens is 2. The van der Waals surface area contributed by atoms with Crippen LogP contribution in [0, 0.1) is 18.6 Å². The molecule has 0 aliphatic heterocycles. The van der Waals surface area contributed by atoms with Gasteiger partial charge in [0.25, 0.3) is 5.56 Å². The molecule has 1 unspecified atom stereocenters. The smallest absolute Gasteiger partial charge is 0.262 e. The van der Waals surface area contributed by atoms with Gasteiger partial charge in [0.15, 0.2) is 0 Å². The first-order valence-corrected chi connectivity index (χ1v) is 7.36. The van der Waals surface area contributed by atoms with Crippen LogP contribution in [0.3, 0.4) is 0 Å². The van der Waals surface area contributed by atoms with Crippen LogP contribution in [0.25, 0.3) is 10.2 Å². The number of hydrogen-bond acceptors (Lipinski definition) is 4. The van der Waals surface area contributed by atoms with E-state index >= 15 is 0 Å². The first-order chi connectivity index (χ1) is 10.5. The molecule has 4 nitrogen and oxygen atoms in total. The summed E-state index contributed by atoms with van der Waals surface area (Å²) in [5.74, 6) is -1.37. The van der Waals surface area contributed by atoms with E-state index in [1.54, 1.807) is 6.07 Å². The topological polar surface area (TPSA) is 55.1 Å². The van der Waals surface area contributed by atoms with Crippen molar-refractivity contribution in [1.29, 1.82) is 0 Å². The Morgan fingerprint density at radius 1 is 1.36 bits per heavy atom. The summed E-state index contributed by atoms with van der Waals surface area (Å²) in [6.45, 7) is 1.67. The van der Waals surface area contributed by atoms with E-state index in [9.17, 15) is 18.7 Å². The number of aryl methyl sites for hydroxylation is 1. The van der Waals surface area contributed by atoms with E-state index in [0.29, 0.717) is 10.2 Å². The molecule has 0 spiro atoms. The molecule has 0 bridgehead atoms. The van der Waals surface area contributed by atoms with Gasteiger partial charge in [-0.25, -0.2) is 13.8 Å². The second-order valence-corrected chi connectivity index (χ2v) is 6.19. The van der Waals surface area contributed by atoms with E-state index in [-0.39, 0.29) is 17.7 Å². The van der Waals surface area contributed by atoms with Gasteiger partial charge in [0.1, 0.15) is 16.5 Å². The highest BCUT2D eigenvalue weighted by Gasteiger charge is 2.16. The quantitative estimate of drug-likeness (QED) is 0.807. The number of aromatic nitrogens is 2. The van der Waals surface area contributed by atoms with Crippen LogP contribution in [-0.4, -0.2) is 14.7 Å². The number of thiophene rings is 1. The molecule has 0 saturated carbocycles. The van der Waals surface area contributed by atoms with Crippen molar-refractivity contribution in [3.8, 4) is 0 Å². The molecule has 1 atom stereocenters. The molecular formula is C15H12F2N2O2S. The Morgan fingerprint density at radius 3 is 2.91 bits per heavy atom. The van der Waals surface area contributed by atoms with Gasteiger partial charge in [-0.2, -0.15) is 0 Å². The van der Waals surface area contributed by atoms with E-state index in [1.807, 2.05) is 6.92 Å². The minimum atomic E-state index is -1.34. The molecule has 0 aliphatic rings. The number of aliphatic hydroxyl groups excluding tert-OH is 1. The Bertz CT molecular complexity index is 904. The average Bonchev–Trinajstić information content (AvgIpc) is 2.86. The largest absolute Gasteiger partial charge is 0.386 e. The number of nitrogens with zero attached hydrogens (tertiary/aromatic N) is 2. The zero-order valence-corrected chi connectivity index (χ0v) is 12.4. The molecule has 3 rings (SSSR count). The fourth-order valence-electron chi connectivity index (χ4n) is 2.27.